The quantitative estimate of drug-likeness (QED) is 0.783. The first-order valence-electron chi connectivity index (χ1n) is 6.49. The molecular weight excluding hydrogens is 286 g/mol. The van der Waals surface area contributed by atoms with Gasteiger partial charge in [0.1, 0.15) is 17.2 Å². The maximum atomic E-state index is 5.87. The predicted octanol–water partition coefficient (Wildman–Crippen LogP) is 3.32. The van der Waals surface area contributed by atoms with Gasteiger partial charge in [-0.15, -0.1) is 11.3 Å². The number of anilines is 1. The molecule has 0 aliphatic rings. The van der Waals surface area contributed by atoms with E-state index >= 15 is 0 Å². The summed E-state index contributed by atoms with van der Waals surface area (Å²) in [5.74, 6) is 1.97. The van der Waals surface area contributed by atoms with Gasteiger partial charge in [0.15, 0.2) is 0 Å². The normalized spacial score (nSPS) is 10.6. The fourth-order valence-electron chi connectivity index (χ4n) is 1.96. The summed E-state index contributed by atoms with van der Waals surface area (Å²) in [4.78, 5) is 9.69. The highest BCUT2D eigenvalue weighted by Crippen LogP contribution is 2.28. The molecule has 0 unspecified atom stereocenters. The molecule has 1 N–H and O–H groups in total. The van der Waals surface area contributed by atoms with Crippen LogP contribution >= 0.6 is 11.3 Å². The number of thiophene rings is 1. The minimum absolute atomic E-state index is 0.433. The first-order chi connectivity index (χ1) is 10.3. The lowest BCUT2D eigenvalue weighted by Crippen LogP contribution is -2.02. The Morgan fingerprint density at radius 2 is 2.14 bits per heavy atom. The van der Waals surface area contributed by atoms with Crippen molar-refractivity contribution in [1.29, 1.82) is 0 Å². The third-order valence-electron chi connectivity index (χ3n) is 3.02. The van der Waals surface area contributed by atoms with Gasteiger partial charge in [0.05, 0.1) is 12.5 Å². The maximum absolute atomic E-state index is 5.87. The first-order valence-corrected chi connectivity index (χ1v) is 7.37. The molecule has 6 heteroatoms. The van der Waals surface area contributed by atoms with E-state index in [4.69, 9.17) is 9.47 Å². The Kier molecular flexibility index (Phi) is 3.87. The molecule has 0 fully saturated rings. The van der Waals surface area contributed by atoms with Crippen LogP contribution in [0.5, 0.6) is 11.6 Å². The summed E-state index contributed by atoms with van der Waals surface area (Å²) in [5, 5.41) is 5.87. The van der Waals surface area contributed by atoms with Crippen LogP contribution in [0.2, 0.25) is 0 Å². The van der Waals surface area contributed by atoms with Crippen LogP contribution in [0, 0.1) is 0 Å². The summed E-state index contributed by atoms with van der Waals surface area (Å²) in [7, 11) is 3.44. The van der Waals surface area contributed by atoms with Crippen molar-refractivity contribution < 1.29 is 9.47 Å². The zero-order chi connectivity index (χ0) is 14.7. The lowest BCUT2D eigenvalue weighted by molar-refractivity contribution is 0.297. The third-order valence-corrected chi connectivity index (χ3v) is 3.83. The standard InChI is InChI=1S/C15H15N3O2S/c1-16-15-17-13(12-6-7-21-14(12)18-15)20-9-10-4-3-5-11(8-10)19-2/h3-8H,9H2,1-2H3,(H,16,17,18). The first kappa shape index (κ1) is 13.6. The van der Waals surface area contributed by atoms with Crippen LogP contribution in [0.4, 0.5) is 5.95 Å². The van der Waals surface area contributed by atoms with Gasteiger partial charge in [0.25, 0.3) is 0 Å². The molecule has 2 aromatic heterocycles. The smallest absolute Gasteiger partial charge is 0.227 e. The summed E-state index contributed by atoms with van der Waals surface area (Å²) in [5.41, 5.74) is 1.03. The number of aromatic nitrogens is 2. The van der Waals surface area contributed by atoms with Crippen molar-refractivity contribution in [3.63, 3.8) is 0 Å². The van der Waals surface area contributed by atoms with Crippen molar-refractivity contribution in [3.05, 3.63) is 41.3 Å². The van der Waals surface area contributed by atoms with Crippen molar-refractivity contribution in [2.75, 3.05) is 19.5 Å². The maximum Gasteiger partial charge on any atom is 0.227 e. The minimum Gasteiger partial charge on any atom is -0.497 e. The molecule has 3 rings (SSSR count). The second-order valence-electron chi connectivity index (χ2n) is 4.38. The monoisotopic (exact) mass is 301 g/mol. The Balaban J connectivity index is 1.85. The van der Waals surface area contributed by atoms with Crippen molar-refractivity contribution in [2.45, 2.75) is 6.61 Å². The van der Waals surface area contributed by atoms with E-state index < -0.39 is 0 Å². The van der Waals surface area contributed by atoms with Crippen molar-refractivity contribution >= 4 is 27.5 Å². The molecule has 0 bridgehead atoms. The van der Waals surface area contributed by atoms with E-state index in [2.05, 4.69) is 15.3 Å². The average Bonchev–Trinajstić information content (AvgIpc) is 3.01. The van der Waals surface area contributed by atoms with Gasteiger partial charge in [0, 0.05) is 7.05 Å². The van der Waals surface area contributed by atoms with E-state index in [1.807, 2.05) is 35.7 Å². The molecule has 0 amide bonds. The Hall–Kier alpha value is -2.34. The Labute approximate surface area is 126 Å². The SMILES string of the molecule is CNc1nc(OCc2cccc(OC)c2)c2ccsc2n1. The molecule has 2 heterocycles. The second kappa shape index (κ2) is 5.97. The van der Waals surface area contributed by atoms with Crippen LogP contribution in [-0.4, -0.2) is 24.1 Å². The molecule has 0 spiro atoms. The van der Waals surface area contributed by atoms with E-state index in [9.17, 15) is 0 Å². The molecule has 5 nitrogen and oxygen atoms in total. The molecule has 0 saturated carbocycles. The third kappa shape index (κ3) is 2.90. The topological polar surface area (TPSA) is 56.3 Å². The molecule has 0 radical (unpaired) electrons. The number of nitrogens with one attached hydrogen (secondary N) is 1. The molecule has 0 aliphatic heterocycles. The number of ether oxygens (including phenoxy) is 2. The Bertz CT molecular complexity index is 758. The zero-order valence-corrected chi connectivity index (χ0v) is 12.6. The average molecular weight is 301 g/mol. The van der Waals surface area contributed by atoms with Gasteiger partial charge in [-0.2, -0.15) is 4.98 Å². The van der Waals surface area contributed by atoms with Crippen molar-refractivity contribution in [1.82, 2.24) is 9.97 Å². The zero-order valence-electron chi connectivity index (χ0n) is 11.8. The van der Waals surface area contributed by atoms with E-state index in [1.165, 1.54) is 0 Å². The summed E-state index contributed by atoms with van der Waals surface area (Å²) in [6, 6.07) is 9.76. The van der Waals surface area contributed by atoms with Gasteiger partial charge < -0.3 is 14.8 Å². The molecule has 3 aromatic rings. The highest BCUT2D eigenvalue weighted by Gasteiger charge is 2.09. The second-order valence-corrected chi connectivity index (χ2v) is 5.28. The number of nitrogens with zero attached hydrogens (tertiary/aromatic N) is 2. The molecule has 21 heavy (non-hydrogen) atoms. The van der Waals surface area contributed by atoms with Crippen LogP contribution in [0.1, 0.15) is 5.56 Å². The molecule has 0 aliphatic carbocycles. The summed E-state index contributed by atoms with van der Waals surface area (Å²) < 4.78 is 11.1. The number of fused-ring (bicyclic) bond motifs is 1. The molecule has 1 aromatic carbocycles. The predicted molar refractivity (Wildman–Crippen MR) is 84.3 cm³/mol. The molecule has 0 atom stereocenters. The number of hydrogen-bond donors (Lipinski definition) is 1. The van der Waals surface area contributed by atoms with Gasteiger partial charge in [-0.1, -0.05) is 12.1 Å². The number of benzene rings is 1. The Morgan fingerprint density at radius 3 is 2.95 bits per heavy atom. The van der Waals surface area contributed by atoms with Crippen LogP contribution in [0.25, 0.3) is 10.2 Å². The van der Waals surface area contributed by atoms with Crippen LogP contribution in [0.15, 0.2) is 35.7 Å². The lowest BCUT2D eigenvalue weighted by atomic mass is 10.2. The van der Waals surface area contributed by atoms with Crippen LogP contribution in [0.3, 0.4) is 0 Å². The molecule has 108 valence electrons. The highest BCUT2D eigenvalue weighted by atomic mass is 32.1. The number of methoxy groups -OCH3 is 1. The van der Waals surface area contributed by atoms with E-state index in [0.29, 0.717) is 18.4 Å². The van der Waals surface area contributed by atoms with Crippen LogP contribution < -0.4 is 14.8 Å². The fourth-order valence-corrected chi connectivity index (χ4v) is 2.72. The van der Waals surface area contributed by atoms with E-state index in [-0.39, 0.29) is 0 Å². The Morgan fingerprint density at radius 1 is 1.24 bits per heavy atom. The van der Waals surface area contributed by atoms with Gasteiger partial charge in [-0.25, -0.2) is 4.98 Å². The fraction of sp³-hybridized carbons (Fsp3) is 0.200. The van der Waals surface area contributed by atoms with E-state index in [1.54, 1.807) is 25.5 Å². The summed E-state index contributed by atoms with van der Waals surface area (Å²) in [6.07, 6.45) is 0. The van der Waals surface area contributed by atoms with Gasteiger partial charge in [-0.3, -0.25) is 0 Å². The number of rotatable bonds is 5. The summed E-state index contributed by atoms with van der Waals surface area (Å²) in [6.45, 7) is 0.433. The largest absolute Gasteiger partial charge is 0.497 e. The molecule has 0 saturated heterocycles. The van der Waals surface area contributed by atoms with Crippen molar-refractivity contribution in [2.24, 2.45) is 0 Å². The summed E-state index contributed by atoms with van der Waals surface area (Å²) >= 11 is 1.57. The van der Waals surface area contributed by atoms with Crippen molar-refractivity contribution in [3.8, 4) is 11.6 Å². The number of hydrogen-bond acceptors (Lipinski definition) is 6. The minimum atomic E-state index is 0.433. The lowest BCUT2D eigenvalue weighted by Gasteiger charge is -2.09. The van der Waals surface area contributed by atoms with Gasteiger partial charge in [-0.05, 0) is 29.1 Å². The van der Waals surface area contributed by atoms with Gasteiger partial charge in [0.2, 0.25) is 11.8 Å². The molecular formula is C15H15N3O2S. The van der Waals surface area contributed by atoms with Gasteiger partial charge >= 0.3 is 0 Å². The highest BCUT2D eigenvalue weighted by molar-refractivity contribution is 7.16. The van der Waals surface area contributed by atoms with Crippen LogP contribution in [-0.2, 0) is 6.61 Å². The van der Waals surface area contributed by atoms with E-state index in [0.717, 1.165) is 21.5 Å².